The molecule has 0 heterocycles. The minimum atomic E-state index is 0.604. The summed E-state index contributed by atoms with van der Waals surface area (Å²) < 4.78 is 0. The lowest BCUT2D eigenvalue weighted by molar-refractivity contribution is 0.686. The summed E-state index contributed by atoms with van der Waals surface area (Å²) >= 11 is 0. The fourth-order valence-electron chi connectivity index (χ4n) is 1.30. The minimum Gasteiger partial charge on any atom is -0.327 e. The van der Waals surface area contributed by atoms with Crippen LogP contribution in [0, 0.1) is 11.8 Å². The minimum absolute atomic E-state index is 0.604. The van der Waals surface area contributed by atoms with Crippen molar-refractivity contribution in [3.63, 3.8) is 0 Å². The summed E-state index contributed by atoms with van der Waals surface area (Å²) in [5, 5.41) is 0. The topological polar surface area (TPSA) is 26.0 Å². The van der Waals surface area contributed by atoms with E-state index in [-0.39, 0.29) is 0 Å². The molecule has 0 spiro atoms. The van der Waals surface area contributed by atoms with Crippen molar-refractivity contribution in [3.05, 3.63) is 0 Å². The molecule has 2 aliphatic rings. The molecule has 0 amide bonds. The first-order valence-corrected chi connectivity index (χ1v) is 3.13. The van der Waals surface area contributed by atoms with Crippen molar-refractivity contribution in [2.45, 2.75) is 25.3 Å². The van der Waals surface area contributed by atoms with E-state index in [1.54, 1.807) is 0 Å². The largest absolute Gasteiger partial charge is 0.327 e. The SMILES string of the molecule is N[C@H]1C[C@@H]1C1CC1. The zero-order chi connectivity index (χ0) is 4.85. The predicted molar refractivity (Wildman–Crippen MR) is 28.8 cm³/mol. The van der Waals surface area contributed by atoms with Crippen molar-refractivity contribution in [1.29, 1.82) is 0 Å². The molecule has 0 bridgehead atoms. The zero-order valence-corrected chi connectivity index (χ0v) is 4.43. The Morgan fingerprint density at radius 3 is 2.00 bits per heavy atom. The van der Waals surface area contributed by atoms with Crippen LogP contribution in [0.15, 0.2) is 0 Å². The highest BCUT2D eigenvalue weighted by Crippen LogP contribution is 2.48. The van der Waals surface area contributed by atoms with Gasteiger partial charge in [0.25, 0.3) is 0 Å². The van der Waals surface area contributed by atoms with Crippen molar-refractivity contribution in [2.24, 2.45) is 17.6 Å². The monoisotopic (exact) mass is 97.1 g/mol. The summed E-state index contributed by atoms with van der Waals surface area (Å²) in [6.07, 6.45) is 4.27. The second kappa shape index (κ2) is 1.03. The van der Waals surface area contributed by atoms with Gasteiger partial charge in [-0.2, -0.15) is 0 Å². The fourth-order valence-corrected chi connectivity index (χ4v) is 1.30. The van der Waals surface area contributed by atoms with Crippen molar-refractivity contribution in [3.8, 4) is 0 Å². The Morgan fingerprint density at radius 1 is 1.29 bits per heavy atom. The average molecular weight is 97.2 g/mol. The standard InChI is InChI=1S/C6H11N/c7-6-3-5(6)4-1-2-4/h4-6H,1-3,7H2/t5-,6+/m1/s1. The highest BCUT2D eigenvalue weighted by atomic mass is 14.8. The van der Waals surface area contributed by atoms with Gasteiger partial charge >= 0.3 is 0 Å². The van der Waals surface area contributed by atoms with E-state index in [2.05, 4.69) is 0 Å². The number of hydrogen-bond donors (Lipinski definition) is 1. The van der Waals surface area contributed by atoms with Crippen LogP contribution in [-0.4, -0.2) is 6.04 Å². The second-order valence-electron chi connectivity index (χ2n) is 2.90. The maximum Gasteiger partial charge on any atom is 0.00737 e. The molecule has 0 aromatic rings. The van der Waals surface area contributed by atoms with Gasteiger partial charge in [-0.25, -0.2) is 0 Å². The summed E-state index contributed by atoms with van der Waals surface area (Å²) in [5.41, 5.74) is 5.61. The summed E-state index contributed by atoms with van der Waals surface area (Å²) in [6, 6.07) is 0.604. The quantitative estimate of drug-likeness (QED) is 0.513. The van der Waals surface area contributed by atoms with Gasteiger partial charge in [0.2, 0.25) is 0 Å². The Labute approximate surface area is 43.9 Å². The summed E-state index contributed by atoms with van der Waals surface area (Å²) in [5.74, 6) is 2.02. The van der Waals surface area contributed by atoms with Gasteiger partial charge in [-0.15, -0.1) is 0 Å². The van der Waals surface area contributed by atoms with Crippen LogP contribution in [0.2, 0.25) is 0 Å². The van der Waals surface area contributed by atoms with Gasteiger partial charge in [0.15, 0.2) is 0 Å². The third-order valence-corrected chi connectivity index (χ3v) is 2.12. The maximum absolute atomic E-state index is 5.61. The number of hydrogen-bond acceptors (Lipinski definition) is 1. The fraction of sp³-hybridized carbons (Fsp3) is 1.00. The Bertz CT molecular complexity index is 86.2. The Kier molecular flexibility index (Phi) is 0.571. The van der Waals surface area contributed by atoms with Gasteiger partial charge < -0.3 is 5.73 Å². The van der Waals surface area contributed by atoms with Crippen LogP contribution in [0.25, 0.3) is 0 Å². The summed E-state index contributed by atoms with van der Waals surface area (Å²) in [4.78, 5) is 0. The highest BCUT2D eigenvalue weighted by molar-refractivity contribution is 4.99. The van der Waals surface area contributed by atoms with E-state index in [1.165, 1.54) is 19.3 Å². The van der Waals surface area contributed by atoms with E-state index in [0.29, 0.717) is 6.04 Å². The third-order valence-electron chi connectivity index (χ3n) is 2.12. The molecule has 2 atom stereocenters. The van der Waals surface area contributed by atoms with E-state index >= 15 is 0 Å². The molecule has 2 fully saturated rings. The smallest absolute Gasteiger partial charge is 0.00737 e. The van der Waals surface area contributed by atoms with E-state index in [1.807, 2.05) is 0 Å². The lowest BCUT2D eigenvalue weighted by Gasteiger charge is -1.83. The average Bonchev–Trinajstić information content (AvgIpc) is 2.23. The summed E-state index contributed by atoms with van der Waals surface area (Å²) in [6.45, 7) is 0. The van der Waals surface area contributed by atoms with Gasteiger partial charge in [-0.1, -0.05) is 0 Å². The molecule has 0 radical (unpaired) electrons. The van der Waals surface area contributed by atoms with Gasteiger partial charge in [-0.3, -0.25) is 0 Å². The first kappa shape index (κ1) is 3.90. The second-order valence-corrected chi connectivity index (χ2v) is 2.90. The van der Waals surface area contributed by atoms with Crippen LogP contribution in [0.5, 0.6) is 0 Å². The molecule has 0 saturated heterocycles. The van der Waals surface area contributed by atoms with Crippen molar-refractivity contribution in [1.82, 2.24) is 0 Å². The molecule has 0 aromatic heterocycles. The van der Waals surface area contributed by atoms with Crippen LogP contribution in [-0.2, 0) is 0 Å². The Hall–Kier alpha value is -0.0400. The zero-order valence-electron chi connectivity index (χ0n) is 4.43. The van der Waals surface area contributed by atoms with Crippen molar-refractivity contribution in [2.75, 3.05) is 0 Å². The first-order valence-electron chi connectivity index (χ1n) is 3.13. The normalized spacial score (nSPS) is 49.3. The molecular formula is C6H11N. The third kappa shape index (κ3) is 0.556. The van der Waals surface area contributed by atoms with Crippen LogP contribution in [0.1, 0.15) is 19.3 Å². The molecule has 0 unspecified atom stereocenters. The highest BCUT2D eigenvalue weighted by Gasteiger charge is 2.44. The van der Waals surface area contributed by atoms with Crippen LogP contribution >= 0.6 is 0 Å². The van der Waals surface area contributed by atoms with Gasteiger partial charge in [-0.05, 0) is 31.1 Å². The molecule has 0 aliphatic heterocycles. The van der Waals surface area contributed by atoms with E-state index in [0.717, 1.165) is 11.8 Å². The predicted octanol–water partition coefficient (Wildman–Crippen LogP) is 0.744. The van der Waals surface area contributed by atoms with Gasteiger partial charge in [0.05, 0.1) is 0 Å². The molecule has 0 aromatic carbocycles. The molecule has 40 valence electrons. The van der Waals surface area contributed by atoms with E-state index < -0.39 is 0 Å². The molecular weight excluding hydrogens is 86.1 g/mol. The first-order chi connectivity index (χ1) is 3.38. The molecule has 1 heteroatoms. The molecule has 1 nitrogen and oxygen atoms in total. The maximum atomic E-state index is 5.61. The molecule has 7 heavy (non-hydrogen) atoms. The van der Waals surface area contributed by atoms with Crippen molar-refractivity contribution >= 4 is 0 Å². The lowest BCUT2D eigenvalue weighted by Crippen LogP contribution is -2.02. The van der Waals surface area contributed by atoms with E-state index in [4.69, 9.17) is 5.73 Å². The number of nitrogens with two attached hydrogens (primary N) is 1. The molecule has 2 rings (SSSR count). The lowest BCUT2D eigenvalue weighted by atomic mass is 10.3. The van der Waals surface area contributed by atoms with Crippen molar-refractivity contribution < 1.29 is 0 Å². The van der Waals surface area contributed by atoms with E-state index in [9.17, 15) is 0 Å². The van der Waals surface area contributed by atoms with Crippen LogP contribution in [0.3, 0.4) is 0 Å². The summed E-state index contributed by atoms with van der Waals surface area (Å²) in [7, 11) is 0. The van der Waals surface area contributed by atoms with Crippen LogP contribution < -0.4 is 5.73 Å². The Balaban J connectivity index is 1.88. The molecule has 2 saturated carbocycles. The van der Waals surface area contributed by atoms with Gasteiger partial charge in [0.1, 0.15) is 0 Å². The van der Waals surface area contributed by atoms with Crippen LogP contribution in [0.4, 0.5) is 0 Å². The van der Waals surface area contributed by atoms with Gasteiger partial charge in [0, 0.05) is 6.04 Å². The molecule has 2 N–H and O–H groups in total. The molecule has 2 aliphatic carbocycles. The Morgan fingerprint density at radius 2 is 1.86 bits per heavy atom. The number of rotatable bonds is 1.